The van der Waals surface area contributed by atoms with E-state index in [1.54, 1.807) is 0 Å². The molecule has 2 aromatic rings. The quantitative estimate of drug-likeness (QED) is 0.505. The molecule has 9 nitrogen and oxygen atoms in total. The number of anilines is 1. The third-order valence-electron chi connectivity index (χ3n) is 3.71. The smallest absolute Gasteiger partial charge is 0.296 e. The summed E-state index contributed by atoms with van der Waals surface area (Å²) < 4.78 is 33.5. The summed E-state index contributed by atoms with van der Waals surface area (Å²) in [5, 5.41) is 2.10. The van der Waals surface area contributed by atoms with E-state index >= 15 is 0 Å². The topological polar surface area (TPSA) is 149 Å². The fraction of sp³-hybridized carbons (Fsp3) is 0.0714. The molecule has 0 saturated carbocycles. The molecule has 0 atom stereocenters. The zero-order valence-electron chi connectivity index (χ0n) is 12.5. The number of nitrogens with two attached hydrogens (primary N) is 1. The van der Waals surface area contributed by atoms with E-state index in [1.807, 2.05) is 5.32 Å². The van der Waals surface area contributed by atoms with Crippen LogP contribution in [0.5, 0.6) is 0 Å². The van der Waals surface area contributed by atoms with Gasteiger partial charge in [0.1, 0.15) is 10.7 Å². The predicted molar refractivity (Wildman–Crippen MR) is 87.8 cm³/mol. The second kappa shape index (κ2) is 5.41. The van der Waals surface area contributed by atoms with Crippen molar-refractivity contribution in [3.63, 3.8) is 0 Å². The van der Waals surface area contributed by atoms with Crippen LogP contribution in [0.25, 0.3) is 5.69 Å². The molecule has 1 aliphatic heterocycles. The van der Waals surface area contributed by atoms with Gasteiger partial charge < -0.3 is 5.73 Å². The van der Waals surface area contributed by atoms with Gasteiger partial charge in [-0.3, -0.25) is 28.8 Å². The Hall–Kier alpha value is -2.69. The number of aryl methyl sites for hydroxylation is 1. The molecular weight excluding hydrogens is 374 g/mol. The summed E-state index contributed by atoms with van der Waals surface area (Å²) in [5.41, 5.74) is 4.50. The summed E-state index contributed by atoms with van der Waals surface area (Å²) >= 11 is 5.99. The van der Waals surface area contributed by atoms with Crippen molar-refractivity contribution in [3.05, 3.63) is 50.3 Å². The van der Waals surface area contributed by atoms with Crippen LogP contribution in [-0.4, -0.2) is 29.4 Å². The van der Waals surface area contributed by atoms with Crippen molar-refractivity contribution in [3.8, 4) is 5.69 Å². The minimum absolute atomic E-state index is 0.106. The number of fused-ring (bicyclic) bond motifs is 1. The number of carbonyl (C=O) groups excluding carboxylic acids is 2. The third-order valence-corrected chi connectivity index (χ3v) is 5.00. The summed E-state index contributed by atoms with van der Waals surface area (Å²) in [6.07, 6.45) is 0. The highest BCUT2D eigenvalue weighted by Crippen LogP contribution is 2.30. The van der Waals surface area contributed by atoms with Gasteiger partial charge in [0.05, 0.1) is 16.8 Å². The number of imide groups is 1. The minimum atomic E-state index is -4.73. The number of aromatic nitrogens is 1. The molecular formula is C14H10ClN3O6S. The van der Waals surface area contributed by atoms with E-state index in [2.05, 4.69) is 0 Å². The van der Waals surface area contributed by atoms with Crippen LogP contribution >= 0.6 is 11.6 Å². The molecule has 0 bridgehead atoms. The molecule has 2 heterocycles. The zero-order valence-corrected chi connectivity index (χ0v) is 14.1. The number of pyridine rings is 1. The van der Waals surface area contributed by atoms with Gasteiger partial charge in [0.2, 0.25) is 0 Å². The maximum atomic E-state index is 12.4. The first-order valence-electron chi connectivity index (χ1n) is 6.71. The first kappa shape index (κ1) is 17.1. The number of halogens is 1. The molecule has 3 rings (SSSR count). The van der Waals surface area contributed by atoms with Gasteiger partial charge in [-0.1, -0.05) is 11.6 Å². The first-order valence-corrected chi connectivity index (χ1v) is 8.53. The number of nitrogen functional groups attached to an aromatic ring is 1. The van der Waals surface area contributed by atoms with E-state index in [4.69, 9.17) is 17.3 Å². The van der Waals surface area contributed by atoms with Crippen molar-refractivity contribution in [2.45, 2.75) is 11.8 Å². The van der Waals surface area contributed by atoms with Gasteiger partial charge in [-0.15, -0.1) is 0 Å². The van der Waals surface area contributed by atoms with E-state index in [9.17, 15) is 27.4 Å². The maximum absolute atomic E-state index is 12.4. The van der Waals surface area contributed by atoms with Crippen molar-refractivity contribution in [2.24, 2.45) is 0 Å². The number of nitrogens with one attached hydrogen (secondary N) is 1. The molecule has 0 radical (unpaired) electrons. The highest BCUT2D eigenvalue weighted by molar-refractivity contribution is 7.86. The molecule has 1 aliphatic rings. The van der Waals surface area contributed by atoms with Gasteiger partial charge in [-0.05, 0) is 24.6 Å². The molecule has 11 heteroatoms. The normalized spacial score (nSPS) is 13.7. The lowest BCUT2D eigenvalue weighted by molar-refractivity contribution is 0.0880. The maximum Gasteiger partial charge on any atom is 0.296 e. The van der Waals surface area contributed by atoms with Crippen LogP contribution in [0.1, 0.15) is 26.3 Å². The lowest BCUT2D eigenvalue weighted by Crippen LogP contribution is -2.25. The molecule has 0 spiro atoms. The average molecular weight is 384 g/mol. The molecule has 2 amide bonds. The Morgan fingerprint density at radius 3 is 2.40 bits per heavy atom. The zero-order chi connectivity index (χ0) is 18.7. The molecule has 0 aliphatic carbocycles. The van der Waals surface area contributed by atoms with Crippen molar-refractivity contribution < 1.29 is 22.6 Å². The Morgan fingerprint density at radius 2 is 1.80 bits per heavy atom. The van der Waals surface area contributed by atoms with Crippen molar-refractivity contribution in [1.29, 1.82) is 0 Å². The summed E-state index contributed by atoms with van der Waals surface area (Å²) in [4.78, 5) is 35.3. The number of benzene rings is 1. The Bertz CT molecular complexity index is 1140. The number of carbonyl (C=O) groups is 2. The first-order chi connectivity index (χ1) is 11.5. The Morgan fingerprint density at radius 1 is 1.16 bits per heavy atom. The van der Waals surface area contributed by atoms with Crippen LogP contribution in [0.3, 0.4) is 0 Å². The van der Waals surface area contributed by atoms with Gasteiger partial charge in [0.15, 0.2) is 0 Å². The summed E-state index contributed by atoms with van der Waals surface area (Å²) in [6, 6.07) is 3.05. The number of hydrogen-bond acceptors (Lipinski definition) is 6. The van der Waals surface area contributed by atoms with Crippen LogP contribution < -0.4 is 16.6 Å². The van der Waals surface area contributed by atoms with Crippen LogP contribution in [0, 0.1) is 6.92 Å². The number of rotatable bonds is 2. The van der Waals surface area contributed by atoms with Crippen LogP contribution in [0.4, 0.5) is 5.82 Å². The van der Waals surface area contributed by atoms with E-state index in [-0.39, 0.29) is 21.8 Å². The predicted octanol–water partition coefficient (Wildman–Crippen LogP) is 0.512. The van der Waals surface area contributed by atoms with E-state index < -0.39 is 38.2 Å². The average Bonchev–Trinajstić information content (AvgIpc) is 2.75. The molecule has 0 saturated heterocycles. The van der Waals surface area contributed by atoms with Crippen molar-refractivity contribution >= 4 is 39.4 Å². The minimum Gasteiger partial charge on any atom is -0.384 e. The summed E-state index contributed by atoms with van der Waals surface area (Å²) in [6.45, 7) is 1.50. The molecule has 0 unspecified atom stereocenters. The van der Waals surface area contributed by atoms with Gasteiger partial charge in [0.25, 0.3) is 27.5 Å². The lowest BCUT2D eigenvalue weighted by atomic mass is 10.1. The Kier molecular flexibility index (Phi) is 3.71. The van der Waals surface area contributed by atoms with E-state index in [0.717, 1.165) is 18.2 Å². The van der Waals surface area contributed by atoms with Crippen molar-refractivity contribution in [2.75, 3.05) is 5.73 Å². The molecule has 1 aromatic carbocycles. The standard InChI is InChI=1S/C14H10ClN3O6S/c1-5-2-9(25(22,23)24)8(4-7(5)15)18-10(19)3-6-11(12(18)16)14(21)17-13(6)20/h2-4H,16H2,1H3,(H,17,20,21)(H,22,23,24). The molecule has 25 heavy (non-hydrogen) atoms. The highest BCUT2D eigenvalue weighted by atomic mass is 35.5. The van der Waals surface area contributed by atoms with Gasteiger partial charge in [-0.2, -0.15) is 8.42 Å². The summed E-state index contributed by atoms with van der Waals surface area (Å²) in [5.74, 6) is -2.05. The number of hydrogen-bond donors (Lipinski definition) is 3. The fourth-order valence-electron chi connectivity index (χ4n) is 2.55. The van der Waals surface area contributed by atoms with Gasteiger partial charge in [-0.25, -0.2) is 0 Å². The van der Waals surface area contributed by atoms with Crippen LogP contribution in [0.2, 0.25) is 5.02 Å². The largest absolute Gasteiger partial charge is 0.384 e. The lowest BCUT2D eigenvalue weighted by Gasteiger charge is -2.15. The third kappa shape index (κ3) is 2.60. The van der Waals surface area contributed by atoms with Crippen LogP contribution in [-0.2, 0) is 10.1 Å². The molecule has 0 fully saturated rings. The van der Waals surface area contributed by atoms with E-state index in [0.29, 0.717) is 10.1 Å². The Balaban J connectivity index is 2.46. The number of amides is 2. The molecule has 4 N–H and O–H groups in total. The van der Waals surface area contributed by atoms with Gasteiger partial charge in [0, 0.05) is 11.1 Å². The van der Waals surface area contributed by atoms with Crippen LogP contribution in [0.15, 0.2) is 27.9 Å². The highest BCUT2D eigenvalue weighted by Gasteiger charge is 2.33. The summed E-state index contributed by atoms with van der Waals surface area (Å²) in [7, 11) is -4.73. The second-order valence-electron chi connectivity index (χ2n) is 5.32. The fourth-order valence-corrected chi connectivity index (χ4v) is 3.45. The van der Waals surface area contributed by atoms with Crippen molar-refractivity contribution in [1.82, 2.24) is 9.88 Å². The molecule has 130 valence electrons. The Labute approximate surface area is 145 Å². The number of nitrogens with zero attached hydrogens (tertiary/aromatic N) is 1. The molecule has 1 aromatic heterocycles. The van der Waals surface area contributed by atoms with E-state index in [1.165, 1.54) is 6.92 Å². The monoisotopic (exact) mass is 383 g/mol. The van der Waals surface area contributed by atoms with Gasteiger partial charge >= 0.3 is 0 Å². The second-order valence-corrected chi connectivity index (χ2v) is 7.12. The SMILES string of the molecule is Cc1cc(S(=O)(=O)O)c(-n2c(N)c3c(cc2=O)C(=O)NC3=O)cc1Cl.